The first-order valence-corrected chi connectivity index (χ1v) is 40.1. The van der Waals surface area contributed by atoms with Gasteiger partial charge in [-0.05, 0) is 200 Å². The molecular formula is C87H152O2. The van der Waals surface area contributed by atoms with Crippen LogP contribution in [0.2, 0.25) is 0 Å². The van der Waals surface area contributed by atoms with Gasteiger partial charge in [-0.2, -0.15) is 0 Å². The van der Waals surface area contributed by atoms with Crippen LogP contribution in [0.1, 0.15) is 434 Å². The predicted octanol–water partition coefficient (Wildman–Crippen LogP) is 29.7. The molecule has 0 saturated heterocycles. The Kier molecular flexibility index (Phi) is 56.4. The number of rotatable bonds is 66. The van der Waals surface area contributed by atoms with E-state index in [-0.39, 0.29) is 5.41 Å². The van der Waals surface area contributed by atoms with Gasteiger partial charge in [0.15, 0.2) is 0 Å². The molecule has 0 aromatic heterocycles. The van der Waals surface area contributed by atoms with E-state index < -0.39 is 0 Å². The lowest BCUT2D eigenvalue weighted by molar-refractivity contribution is 0.450. The maximum Gasteiger partial charge on any atom is 0.122 e. The summed E-state index contributed by atoms with van der Waals surface area (Å²) in [6.45, 7) is 14.2. The number of hydrogen-bond donors (Lipinski definition) is 2. The van der Waals surface area contributed by atoms with Gasteiger partial charge in [-0.1, -0.05) is 333 Å². The van der Waals surface area contributed by atoms with Crippen molar-refractivity contribution in [2.24, 2.45) is 0 Å². The summed E-state index contributed by atoms with van der Waals surface area (Å²) in [6, 6.07) is 8.21. The molecular weight excluding hydrogens is 1080 g/mol. The normalized spacial score (nSPS) is 12.3. The summed E-state index contributed by atoms with van der Waals surface area (Å²) in [5, 5.41) is 23.7. The molecule has 2 heteroatoms. The van der Waals surface area contributed by atoms with E-state index in [2.05, 4.69) is 102 Å². The first-order valence-electron chi connectivity index (χ1n) is 40.1. The molecule has 0 unspecified atom stereocenters. The van der Waals surface area contributed by atoms with Crippen molar-refractivity contribution in [3.63, 3.8) is 0 Å². The first-order chi connectivity index (χ1) is 43.8. The van der Waals surface area contributed by atoms with E-state index in [4.69, 9.17) is 0 Å². The lowest BCUT2D eigenvalue weighted by atomic mass is 9.69. The molecule has 0 fully saturated rings. The van der Waals surface area contributed by atoms with E-state index in [0.29, 0.717) is 11.5 Å². The molecule has 0 spiro atoms. The maximum absolute atomic E-state index is 13.1. The zero-order chi connectivity index (χ0) is 64.0. The third kappa shape index (κ3) is 44.3. The Hall–Kier alpha value is -3.00. The van der Waals surface area contributed by atoms with E-state index in [1.54, 1.807) is 0 Å². The van der Waals surface area contributed by atoms with Gasteiger partial charge in [0.25, 0.3) is 0 Å². The van der Waals surface area contributed by atoms with Crippen molar-refractivity contribution in [1.29, 1.82) is 0 Å². The Morgan fingerprint density at radius 2 is 0.438 bits per heavy atom. The van der Waals surface area contributed by atoms with Crippen LogP contribution >= 0.6 is 0 Å². The monoisotopic (exact) mass is 1230 g/mol. The Morgan fingerprint density at radius 1 is 0.247 bits per heavy atom. The molecule has 2 nitrogen and oxygen atoms in total. The number of aromatic hydroxyl groups is 2. The second-order valence-corrected chi connectivity index (χ2v) is 28.6. The number of allylic oxidation sites excluding steroid dienone is 8. The van der Waals surface area contributed by atoms with Crippen molar-refractivity contribution >= 4 is 0 Å². The van der Waals surface area contributed by atoms with Gasteiger partial charge >= 0.3 is 0 Å². The zero-order valence-electron chi connectivity index (χ0n) is 60.7. The molecule has 2 rings (SSSR count). The maximum atomic E-state index is 13.1. The standard InChI is InChI=1S/C87H152O2/c1-7-11-15-19-23-27-31-35-39-43-47-51-55-59-63-67-71-81-83(73-69-65-61-57-53-49-45-41-37-33-29-25-21-17-13-9-3)86(89)84(74-70-66-62-58-54-50-46-42-38-34-30-26-22-18-14-10-4)82(85(81)87(5,6)79-75-77-80(88)78-76-79)72-68-64-60-56-52-48-44-40-36-32-28-24-20-16-12-8-2/h35-42,75-78,88-89H,7-34,43-74H2,1-6H3. The minimum Gasteiger partial charge on any atom is -0.508 e. The third-order valence-corrected chi connectivity index (χ3v) is 19.9. The average Bonchev–Trinajstić information content (AvgIpc) is 0.809. The third-order valence-electron chi connectivity index (χ3n) is 19.9. The highest BCUT2D eigenvalue weighted by Gasteiger charge is 2.33. The summed E-state index contributed by atoms with van der Waals surface area (Å²) in [5.74, 6) is 1.01. The molecule has 89 heavy (non-hydrogen) atoms. The van der Waals surface area contributed by atoms with Gasteiger partial charge in [-0.15, -0.1) is 0 Å². The first kappa shape index (κ1) is 82.1. The quantitative estimate of drug-likeness (QED) is 0.0512. The average molecular weight is 1230 g/mol. The van der Waals surface area contributed by atoms with Crippen LogP contribution in [0.5, 0.6) is 11.5 Å². The minimum absolute atomic E-state index is 0.271. The van der Waals surface area contributed by atoms with Gasteiger partial charge in [0.1, 0.15) is 11.5 Å². The highest BCUT2D eigenvalue weighted by atomic mass is 16.3. The highest BCUT2D eigenvalue weighted by molar-refractivity contribution is 5.60. The fraction of sp³-hybridized carbons (Fsp3) is 0.770. The van der Waals surface area contributed by atoms with Crippen LogP contribution in [0.15, 0.2) is 72.9 Å². The van der Waals surface area contributed by atoms with Crippen LogP contribution in [0, 0.1) is 0 Å². The van der Waals surface area contributed by atoms with Crippen LogP contribution in [0.3, 0.4) is 0 Å². The lowest BCUT2D eigenvalue weighted by Gasteiger charge is -2.35. The molecule has 0 saturated carbocycles. The molecule has 0 bridgehead atoms. The van der Waals surface area contributed by atoms with Crippen LogP contribution in [-0.4, -0.2) is 10.2 Å². The summed E-state index contributed by atoms with van der Waals surface area (Å²) in [5.41, 5.74) is 8.07. The molecule has 0 aliphatic rings. The number of phenols is 2. The van der Waals surface area contributed by atoms with Crippen LogP contribution in [-0.2, 0) is 31.1 Å². The van der Waals surface area contributed by atoms with Crippen molar-refractivity contribution in [1.82, 2.24) is 0 Å². The second kappa shape index (κ2) is 61.2. The second-order valence-electron chi connectivity index (χ2n) is 28.6. The smallest absolute Gasteiger partial charge is 0.122 e. The molecule has 0 amide bonds. The minimum atomic E-state index is -0.271. The van der Waals surface area contributed by atoms with Gasteiger partial charge in [0.05, 0.1) is 0 Å². The fourth-order valence-corrected chi connectivity index (χ4v) is 14.0. The molecule has 2 aromatic carbocycles. The van der Waals surface area contributed by atoms with Crippen LogP contribution in [0.25, 0.3) is 0 Å². The van der Waals surface area contributed by atoms with E-state index in [9.17, 15) is 10.2 Å². The summed E-state index contributed by atoms with van der Waals surface area (Å²) in [7, 11) is 0. The fourth-order valence-electron chi connectivity index (χ4n) is 14.0. The molecule has 0 aliphatic carbocycles. The van der Waals surface area contributed by atoms with Gasteiger partial charge in [0, 0.05) is 5.41 Å². The van der Waals surface area contributed by atoms with E-state index in [1.165, 1.54) is 380 Å². The van der Waals surface area contributed by atoms with Crippen molar-refractivity contribution in [2.45, 2.75) is 432 Å². The number of hydrogen-bond acceptors (Lipinski definition) is 2. The SMILES string of the molecule is CCCCCCCCC=CCCCCCCCCc1c(O)c(CCCCCCCCC=CCCCCCCCC)c(CCCCCCCCC=CCCCCCCCC)c(C(C)(C)c2ccc(O)cc2)c1CCCCCCCCC=CCCCCCCCC. The molecule has 2 aromatic rings. The highest BCUT2D eigenvalue weighted by Crippen LogP contribution is 2.46. The molecule has 0 heterocycles. The summed E-state index contributed by atoms with van der Waals surface area (Å²) < 4.78 is 0. The van der Waals surface area contributed by atoms with Crippen molar-refractivity contribution in [2.75, 3.05) is 0 Å². The van der Waals surface area contributed by atoms with Crippen LogP contribution < -0.4 is 0 Å². The lowest BCUT2D eigenvalue weighted by Crippen LogP contribution is -2.26. The van der Waals surface area contributed by atoms with E-state index in [0.717, 1.165) is 38.5 Å². The molecule has 2 N–H and O–H groups in total. The molecule has 0 aliphatic heterocycles. The number of unbranched alkanes of at least 4 members (excludes halogenated alkanes) is 48. The Labute approximate surface area is 557 Å². The number of phenolic OH excluding ortho intramolecular Hbond substituents is 2. The molecule has 0 atom stereocenters. The van der Waals surface area contributed by atoms with E-state index in [1.807, 2.05) is 12.1 Å². The topological polar surface area (TPSA) is 40.5 Å². The van der Waals surface area contributed by atoms with Crippen LogP contribution in [0.4, 0.5) is 0 Å². The van der Waals surface area contributed by atoms with Gasteiger partial charge in [-0.25, -0.2) is 0 Å². The zero-order valence-corrected chi connectivity index (χ0v) is 60.7. The van der Waals surface area contributed by atoms with Crippen molar-refractivity contribution < 1.29 is 10.2 Å². The van der Waals surface area contributed by atoms with E-state index >= 15 is 0 Å². The van der Waals surface area contributed by atoms with Gasteiger partial charge in [-0.3, -0.25) is 0 Å². The predicted molar refractivity (Wildman–Crippen MR) is 401 cm³/mol. The van der Waals surface area contributed by atoms with Crippen molar-refractivity contribution in [3.8, 4) is 11.5 Å². The molecule has 512 valence electrons. The van der Waals surface area contributed by atoms with Gasteiger partial charge in [0.2, 0.25) is 0 Å². The van der Waals surface area contributed by atoms with Crippen molar-refractivity contribution in [3.05, 3.63) is 106 Å². The summed E-state index contributed by atoms with van der Waals surface area (Å²) >= 11 is 0. The number of benzene rings is 2. The summed E-state index contributed by atoms with van der Waals surface area (Å²) in [6.07, 6.45) is 97.4. The largest absolute Gasteiger partial charge is 0.508 e. The Balaban J connectivity index is 2.34. The Bertz CT molecular complexity index is 1850. The molecule has 0 radical (unpaired) electrons. The summed E-state index contributed by atoms with van der Waals surface area (Å²) in [4.78, 5) is 0. The van der Waals surface area contributed by atoms with Gasteiger partial charge < -0.3 is 10.2 Å². The Morgan fingerprint density at radius 3 is 0.663 bits per heavy atom.